The highest BCUT2D eigenvalue weighted by Crippen LogP contribution is 2.35. The Labute approximate surface area is 86.6 Å². The van der Waals surface area contributed by atoms with Crippen molar-refractivity contribution in [3.8, 4) is 0 Å². The van der Waals surface area contributed by atoms with Crippen LogP contribution in [0.5, 0.6) is 0 Å². The normalized spacial score (nSPS) is 33.4. The lowest BCUT2D eigenvalue weighted by molar-refractivity contribution is 0.0121. The largest absolute Gasteiger partial charge is 0.634 e. The summed E-state index contributed by atoms with van der Waals surface area (Å²) in [5.74, 6) is 1.65. The van der Waals surface area contributed by atoms with Crippen LogP contribution >= 0.6 is 0 Å². The summed E-state index contributed by atoms with van der Waals surface area (Å²) < 4.78 is 5.15. The van der Waals surface area contributed by atoms with E-state index in [0.29, 0.717) is 17.8 Å². The molecule has 0 aliphatic heterocycles. The molecule has 82 valence electrons. The Morgan fingerprint density at radius 3 is 2.43 bits per heavy atom. The highest BCUT2D eigenvalue weighted by Gasteiger charge is 2.33. The molecule has 0 radical (unpaired) electrons. The fourth-order valence-corrected chi connectivity index (χ4v) is 2.43. The Morgan fingerprint density at radius 1 is 1.29 bits per heavy atom. The van der Waals surface area contributed by atoms with E-state index in [1.54, 1.807) is 0 Å². The van der Waals surface area contributed by atoms with Gasteiger partial charge < -0.3 is 14.7 Å². The number of hydrogen-bond donors (Lipinski definition) is 2. The van der Waals surface area contributed by atoms with E-state index >= 15 is 0 Å². The van der Waals surface area contributed by atoms with Gasteiger partial charge in [-0.05, 0) is 30.6 Å². The molecule has 2 N–H and O–H groups in total. The minimum Gasteiger partial charge on any atom is -0.402 e. The van der Waals surface area contributed by atoms with Crippen LogP contribution in [0.4, 0.5) is 0 Å². The SMILES string of the molecule is CC1CCC(C(C)C)C(OB(O)O)C1. The van der Waals surface area contributed by atoms with Gasteiger partial charge in [0.15, 0.2) is 0 Å². The van der Waals surface area contributed by atoms with E-state index < -0.39 is 7.32 Å². The fraction of sp³-hybridized carbons (Fsp3) is 1.00. The summed E-state index contributed by atoms with van der Waals surface area (Å²) >= 11 is 0. The van der Waals surface area contributed by atoms with Crippen LogP contribution in [0.2, 0.25) is 0 Å². The van der Waals surface area contributed by atoms with Crippen molar-refractivity contribution in [1.29, 1.82) is 0 Å². The maximum absolute atomic E-state index is 8.82. The van der Waals surface area contributed by atoms with Crippen molar-refractivity contribution >= 4 is 7.32 Å². The Balaban J connectivity index is 2.54. The second-order valence-corrected chi connectivity index (χ2v) is 4.83. The monoisotopic (exact) mass is 200 g/mol. The van der Waals surface area contributed by atoms with Crippen molar-refractivity contribution in [1.82, 2.24) is 0 Å². The molecule has 0 aromatic heterocycles. The molecule has 4 heteroatoms. The second-order valence-electron chi connectivity index (χ2n) is 4.83. The third kappa shape index (κ3) is 3.26. The molecule has 0 aromatic carbocycles. The second kappa shape index (κ2) is 5.15. The van der Waals surface area contributed by atoms with Crippen LogP contribution in [0.25, 0.3) is 0 Å². The molecule has 1 aliphatic carbocycles. The minimum atomic E-state index is -1.62. The van der Waals surface area contributed by atoms with E-state index in [1.165, 1.54) is 6.42 Å². The lowest BCUT2D eigenvalue weighted by atomic mass is 9.75. The molecule has 1 rings (SSSR count). The molecule has 3 atom stereocenters. The van der Waals surface area contributed by atoms with Gasteiger partial charge in [0.2, 0.25) is 0 Å². The van der Waals surface area contributed by atoms with E-state index in [0.717, 1.165) is 12.8 Å². The molecule has 1 fully saturated rings. The van der Waals surface area contributed by atoms with Gasteiger partial charge >= 0.3 is 7.32 Å². The Hall–Kier alpha value is -0.0551. The first-order chi connectivity index (χ1) is 6.50. The quantitative estimate of drug-likeness (QED) is 0.677. The van der Waals surface area contributed by atoms with Crippen LogP contribution in [0, 0.1) is 17.8 Å². The van der Waals surface area contributed by atoms with Gasteiger partial charge in [-0.1, -0.05) is 27.2 Å². The lowest BCUT2D eigenvalue weighted by Gasteiger charge is -2.37. The summed E-state index contributed by atoms with van der Waals surface area (Å²) in [5.41, 5.74) is 0. The van der Waals surface area contributed by atoms with Crippen molar-refractivity contribution < 1.29 is 14.7 Å². The van der Waals surface area contributed by atoms with Gasteiger partial charge in [0.05, 0.1) is 0 Å². The molecule has 0 saturated heterocycles. The maximum Gasteiger partial charge on any atom is 0.634 e. The van der Waals surface area contributed by atoms with Crippen LogP contribution in [0.1, 0.15) is 40.0 Å². The zero-order valence-corrected chi connectivity index (χ0v) is 9.31. The number of hydrogen-bond acceptors (Lipinski definition) is 3. The molecule has 1 aliphatic rings. The van der Waals surface area contributed by atoms with Crippen molar-refractivity contribution in [2.24, 2.45) is 17.8 Å². The van der Waals surface area contributed by atoms with Gasteiger partial charge in [-0.15, -0.1) is 0 Å². The molecular weight excluding hydrogens is 179 g/mol. The van der Waals surface area contributed by atoms with Crippen LogP contribution in [0.3, 0.4) is 0 Å². The lowest BCUT2D eigenvalue weighted by Crippen LogP contribution is -2.38. The maximum atomic E-state index is 8.82. The molecule has 0 spiro atoms. The zero-order valence-electron chi connectivity index (χ0n) is 9.31. The third-order valence-electron chi connectivity index (χ3n) is 3.26. The Morgan fingerprint density at radius 2 is 1.93 bits per heavy atom. The van der Waals surface area contributed by atoms with Gasteiger partial charge in [0.1, 0.15) is 0 Å². The van der Waals surface area contributed by atoms with E-state index in [1.807, 2.05) is 0 Å². The first kappa shape index (κ1) is 12.0. The summed E-state index contributed by atoms with van der Waals surface area (Å²) in [5, 5.41) is 17.6. The summed E-state index contributed by atoms with van der Waals surface area (Å²) in [6.07, 6.45) is 3.32. The van der Waals surface area contributed by atoms with Crippen molar-refractivity contribution in [3.05, 3.63) is 0 Å². The topological polar surface area (TPSA) is 49.7 Å². The average Bonchev–Trinajstić information content (AvgIpc) is 2.01. The molecule has 14 heavy (non-hydrogen) atoms. The molecule has 0 amide bonds. The summed E-state index contributed by atoms with van der Waals surface area (Å²) in [7, 11) is -1.62. The molecule has 1 saturated carbocycles. The molecule has 3 nitrogen and oxygen atoms in total. The Bertz CT molecular complexity index is 171. The van der Waals surface area contributed by atoms with E-state index in [2.05, 4.69) is 20.8 Å². The summed E-state index contributed by atoms with van der Waals surface area (Å²) in [6.45, 7) is 6.53. The predicted molar refractivity (Wildman–Crippen MR) is 56.4 cm³/mol. The zero-order chi connectivity index (χ0) is 10.7. The van der Waals surface area contributed by atoms with Crippen LogP contribution in [0.15, 0.2) is 0 Å². The predicted octanol–water partition coefficient (Wildman–Crippen LogP) is 1.43. The standard InChI is InChI=1S/C10H21BO3/c1-7(2)9-5-4-8(3)6-10(9)14-11(12)13/h7-10,12-13H,4-6H2,1-3H3. The van der Waals surface area contributed by atoms with Crippen LogP contribution in [-0.2, 0) is 4.65 Å². The third-order valence-corrected chi connectivity index (χ3v) is 3.26. The van der Waals surface area contributed by atoms with Crippen molar-refractivity contribution in [2.45, 2.75) is 46.1 Å². The highest BCUT2D eigenvalue weighted by atomic mass is 16.6. The smallest absolute Gasteiger partial charge is 0.402 e. The van der Waals surface area contributed by atoms with Crippen LogP contribution in [-0.4, -0.2) is 23.5 Å². The molecule has 0 aromatic rings. The average molecular weight is 200 g/mol. The van der Waals surface area contributed by atoms with Crippen LogP contribution < -0.4 is 0 Å². The van der Waals surface area contributed by atoms with Crippen molar-refractivity contribution in [3.63, 3.8) is 0 Å². The first-order valence-corrected chi connectivity index (χ1v) is 5.52. The molecule has 3 unspecified atom stereocenters. The first-order valence-electron chi connectivity index (χ1n) is 5.52. The molecule has 0 heterocycles. The molecular formula is C10H21BO3. The van der Waals surface area contributed by atoms with Crippen molar-refractivity contribution in [2.75, 3.05) is 0 Å². The van der Waals surface area contributed by atoms with E-state index in [-0.39, 0.29) is 6.10 Å². The Kier molecular flexibility index (Phi) is 4.42. The van der Waals surface area contributed by atoms with Gasteiger partial charge in [-0.2, -0.15) is 0 Å². The van der Waals surface area contributed by atoms with Gasteiger partial charge in [-0.25, -0.2) is 0 Å². The number of rotatable bonds is 3. The van der Waals surface area contributed by atoms with Gasteiger partial charge in [-0.3, -0.25) is 0 Å². The van der Waals surface area contributed by atoms with Gasteiger partial charge in [0.25, 0.3) is 0 Å². The fourth-order valence-electron chi connectivity index (χ4n) is 2.43. The highest BCUT2D eigenvalue weighted by molar-refractivity contribution is 6.32. The minimum absolute atomic E-state index is 0.0127. The summed E-state index contributed by atoms with van der Waals surface area (Å²) in [6, 6.07) is 0. The summed E-state index contributed by atoms with van der Waals surface area (Å²) in [4.78, 5) is 0. The van der Waals surface area contributed by atoms with Gasteiger partial charge in [0, 0.05) is 6.10 Å². The molecule has 0 bridgehead atoms. The van der Waals surface area contributed by atoms with E-state index in [4.69, 9.17) is 14.7 Å². The van der Waals surface area contributed by atoms with E-state index in [9.17, 15) is 0 Å².